The third-order valence-electron chi connectivity index (χ3n) is 4.12. The Morgan fingerprint density at radius 1 is 1.29 bits per heavy atom. The highest BCUT2D eigenvalue weighted by molar-refractivity contribution is 8.26. The van der Waals surface area contributed by atoms with Crippen LogP contribution in [0.3, 0.4) is 0 Å². The molecule has 0 bridgehead atoms. The van der Waals surface area contributed by atoms with E-state index in [0.29, 0.717) is 27.3 Å². The molecule has 0 spiro atoms. The molecular weight excluding hydrogens is 412 g/mol. The van der Waals surface area contributed by atoms with Gasteiger partial charge in [-0.05, 0) is 37.0 Å². The fourth-order valence-electron chi connectivity index (χ4n) is 2.62. The van der Waals surface area contributed by atoms with Gasteiger partial charge in [-0.25, -0.2) is 0 Å². The summed E-state index contributed by atoms with van der Waals surface area (Å²) < 4.78 is 0.529. The number of aryl methyl sites for hydroxylation is 2. The lowest BCUT2D eigenvalue weighted by atomic mass is 10.1. The van der Waals surface area contributed by atoms with E-state index in [-0.39, 0.29) is 18.2 Å². The SMILES string of the molecule is CCc1ccc(/C=C2/SC(=S)N(CCCC(=O)Nc3nnc(C)s3)C2=O)cc1. The Balaban J connectivity index is 1.53. The molecule has 28 heavy (non-hydrogen) atoms. The van der Waals surface area contributed by atoms with Crippen molar-refractivity contribution in [1.82, 2.24) is 15.1 Å². The average Bonchev–Trinajstić information content (AvgIpc) is 3.19. The molecule has 0 atom stereocenters. The second-order valence-corrected chi connectivity index (χ2v) is 9.06. The summed E-state index contributed by atoms with van der Waals surface area (Å²) in [4.78, 5) is 26.8. The van der Waals surface area contributed by atoms with Crippen LogP contribution in [0.1, 0.15) is 35.9 Å². The lowest BCUT2D eigenvalue weighted by Crippen LogP contribution is -2.29. The Morgan fingerprint density at radius 3 is 2.68 bits per heavy atom. The van der Waals surface area contributed by atoms with E-state index in [1.165, 1.54) is 28.7 Å². The maximum absolute atomic E-state index is 12.6. The van der Waals surface area contributed by atoms with Crippen LogP contribution in [0.4, 0.5) is 5.13 Å². The predicted molar refractivity (Wildman–Crippen MR) is 118 cm³/mol. The average molecular weight is 433 g/mol. The third-order valence-corrected chi connectivity index (χ3v) is 6.25. The Kier molecular flexibility index (Phi) is 6.93. The number of rotatable bonds is 7. The predicted octanol–water partition coefficient (Wildman–Crippen LogP) is 4.03. The second-order valence-electron chi connectivity index (χ2n) is 6.21. The van der Waals surface area contributed by atoms with Crippen LogP contribution in [-0.4, -0.2) is 37.8 Å². The maximum atomic E-state index is 12.6. The molecule has 0 saturated carbocycles. The van der Waals surface area contributed by atoms with E-state index < -0.39 is 0 Å². The number of benzene rings is 1. The number of thiocarbonyl (C=S) groups is 1. The Labute approximate surface area is 177 Å². The highest BCUT2D eigenvalue weighted by atomic mass is 32.2. The van der Waals surface area contributed by atoms with Crippen LogP contribution in [0.25, 0.3) is 6.08 Å². The van der Waals surface area contributed by atoms with Crippen molar-refractivity contribution in [1.29, 1.82) is 0 Å². The smallest absolute Gasteiger partial charge is 0.266 e. The number of hydrogen-bond donors (Lipinski definition) is 1. The largest absolute Gasteiger partial charge is 0.301 e. The van der Waals surface area contributed by atoms with Crippen molar-refractivity contribution in [3.05, 3.63) is 45.3 Å². The van der Waals surface area contributed by atoms with Gasteiger partial charge in [-0.2, -0.15) is 0 Å². The van der Waals surface area contributed by atoms with Gasteiger partial charge in [0.2, 0.25) is 11.0 Å². The third kappa shape index (κ3) is 5.24. The monoisotopic (exact) mass is 432 g/mol. The fraction of sp³-hybridized carbons (Fsp3) is 0.316. The zero-order chi connectivity index (χ0) is 20.1. The minimum absolute atomic E-state index is 0.102. The van der Waals surface area contributed by atoms with Crippen LogP contribution in [0.2, 0.25) is 0 Å². The molecule has 1 N–H and O–H groups in total. The van der Waals surface area contributed by atoms with E-state index in [2.05, 4.69) is 34.6 Å². The molecule has 2 amide bonds. The summed E-state index contributed by atoms with van der Waals surface area (Å²) in [6, 6.07) is 8.13. The van der Waals surface area contributed by atoms with E-state index in [4.69, 9.17) is 12.2 Å². The number of nitrogens with one attached hydrogen (secondary N) is 1. The maximum Gasteiger partial charge on any atom is 0.266 e. The molecule has 146 valence electrons. The molecule has 2 heterocycles. The van der Waals surface area contributed by atoms with Crippen LogP contribution in [0.5, 0.6) is 0 Å². The minimum Gasteiger partial charge on any atom is -0.301 e. The summed E-state index contributed by atoms with van der Waals surface area (Å²) >= 11 is 7.98. The summed E-state index contributed by atoms with van der Waals surface area (Å²) in [5, 5.41) is 11.7. The molecule has 1 saturated heterocycles. The van der Waals surface area contributed by atoms with E-state index in [0.717, 1.165) is 17.0 Å². The first-order valence-corrected chi connectivity index (χ1v) is 10.9. The van der Waals surface area contributed by atoms with Gasteiger partial charge in [-0.1, -0.05) is 66.5 Å². The van der Waals surface area contributed by atoms with Gasteiger partial charge in [-0.15, -0.1) is 10.2 Å². The van der Waals surface area contributed by atoms with Crippen molar-refractivity contribution in [2.45, 2.75) is 33.1 Å². The molecule has 0 aliphatic carbocycles. The molecule has 1 aliphatic rings. The van der Waals surface area contributed by atoms with Gasteiger partial charge in [0.05, 0.1) is 4.91 Å². The number of amides is 2. The first-order valence-electron chi connectivity index (χ1n) is 8.90. The second kappa shape index (κ2) is 9.40. The van der Waals surface area contributed by atoms with E-state index >= 15 is 0 Å². The zero-order valence-corrected chi connectivity index (χ0v) is 18.0. The van der Waals surface area contributed by atoms with E-state index in [1.807, 2.05) is 25.1 Å². The summed E-state index contributed by atoms with van der Waals surface area (Å²) in [6.45, 7) is 4.35. The highest BCUT2D eigenvalue weighted by Crippen LogP contribution is 2.32. The van der Waals surface area contributed by atoms with Gasteiger partial charge in [0.15, 0.2) is 0 Å². The van der Waals surface area contributed by atoms with E-state index in [9.17, 15) is 9.59 Å². The molecule has 2 aromatic rings. The Bertz CT molecular complexity index is 922. The van der Waals surface area contributed by atoms with Crippen LogP contribution in [-0.2, 0) is 16.0 Å². The number of nitrogens with zero attached hydrogens (tertiary/aromatic N) is 3. The molecule has 1 aromatic heterocycles. The van der Waals surface area contributed by atoms with E-state index in [1.54, 1.807) is 4.90 Å². The Hall–Kier alpha value is -2.10. The molecule has 0 unspecified atom stereocenters. The first kappa shape index (κ1) is 20.6. The summed E-state index contributed by atoms with van der Waals surface area (Å²) in [6.07, 6.45) is 3.65. The number of carbonyl (C=O) groups is 2. The van der Waals surface area contributed by atoms with Gasteiger partial charge in [0.25, 0.3) is 5.91 Å². The van der Waals surface area contributed by atoms with Crippen molar-refractivity contribution in [3.63, 3.8) is 0 Å². The molecular formula is C19H20N4O2S3. The number of thioether (sulfide) groups is 1. The number of aromatic nitrogens is 2. The lowest BCUT2D eigenvalue weighted by Gasteiger charge is -2.13. The first-order chi connectivity index (χ1) is 13.5. The number of hydrogen-bond acceptors (Lipinski definition) is 7. The highest BCUT2D eigenvalue weighted by Gasteiger charge is 2.31. The molecule has 1 aliphatic heterocycles. The van der Waals surface area contributed by atoms with Gasteiger partial charge in [-0.3, -0.25) is 14.5 Å². The van der Waals surface area contributed by atoms with Crippen molar-refractivity contribution in [2.75, 3.05) is 11.9 Å². The van der Waals surface area contributed by atoms with Crippen molar-refractivity contribution >= 4 is 62.7 Å². The van der Waals surface area contributed by atoms with Crippen LogP contribution >= 0.6 is 35.3 Å². The van der Waals surface area contributed by atoms with Gasteiger partial charge in [0, 0.05) is 13.0 Å². The summed E-state index contributed by atoms with van der Waals surface area (Å²) in [5.41, 5.74) is 2.23. The van der Waals surface area contributed by atoms with Crippen molar-refractivity contribution in [2.24, 2.45) is 0 Å². The topological polar surface area (TPSA) is 75.2 Å². The Morgan fingerprint density at radius 2 is 2.04 bits per heavy atom. The van der Waals surface area contributed by atoms with Crippen molar-refractivity contribution < 1.29 is 9.59 Å². The quantitative estimate of drug-likeness (QED) is 0.526. The zero-order valence-electron chi connectivity index (χ0n) is 15.6. The molecule has 9 heteroatoms. The molecule has 3 rings (SSSR count). The lowest BCUT2D eigenvalue weighted by molar-refractivity contribution is -0.122. The molecule has 1 fully saturated rings. The number of carbonyl (C=O) groups excluding carboxylic acids is 2. The molecule has 1 aromatic carbocycles. The minimum atomic E-state index is -0.145. The standard InChI is InChI=1S/C19H20N4O2S3/c1-3-13-6-8-14(9-7-13)11-15-17(25)23(19(26)28-15)10-4-5-16(24)20-18-22-21-12(2)27-18/h6-9,11H,3-5,10H2,1-2H3,(H,20,22,24)/b15-11+. The van der Waals surface area contributed by atoms with Crippen LogP contribution < -0.4 is 5.32 Å². The van der Waals surface area contributed by atoms with Crippen LogP contribution in [0.15, 0.2) is 29.2 Å². The molecule has 0 radical (unpaired) electrons. The fourth-order valence-corrected chi connectivity index (χ4v) is 4.54. The van der Waals surface area contributed by atoms with Gasteiger partial charge < -0.3 is 5.32 Å². The number of anilines is 1. The molecule has 6 nitrogen and oxygen atoms in total. The summed E-state index contributed by atoms with van der Waals surface area (Å²) in [7, 11) is 0. The van der Waals surface area contributed by atoms with Crippen LogP contribution in [0, 0.1) is 6.92 Å². The van der Waals surface area contributed by atoms with Gasteiger partial charge in [0.1, 0.15) is 9.33 Å². The summed E-state index contributed by atoms with van der Waals surface area (Å²) in [5.74, 6) is -0.247. The normalized spacial score (nSPS) is 15.5. The van der Waals surface area contributed by atoms with Crippen molar-refractivity contribution in [3.8, 4) is 0 Å². The van der Waals surface area contributed by atoms with Gasteiger partial charge >= 0.3 is 0 Å².